The van der Waals surface area contributed by atoms with E-state index in [4.69, 9.17) is 0 Å². The predicted molar refractivity (Wildman–Crippen MR) is 108 cm³/mol. The number of amides is 1. The molecular weight excluding hydrogens is 378 g/mol. The summed E-state index contributed by atoms with van der Waals surface area (Å²) in [5.74, 6) is 0.0444. The summed E-state index contributed by atoms with van der Waals surface area (Å²) in [7, 11) is -3.27. The lowest BCUT2D eigenvalue weighted by Gasteiger charge is -2.34. The minimum Gasteiger partial charge on any atom is -0.348 e. The van der Waals surface area contributed by atoms with Crippen molar-refractivity contribution in [2.45, 2.75) is 66.9 Å². The number of rotatable bonds is 3. The second-order valence-electron chi connectivity index (χ2n) is 7.88. The van der Waals surface area contributed by atoms with Crippen molar-refractivity contribution >= 4 is 27.1 Å². The first kappa shape index (κ1) is 18.7. The molecule has 4 nitrogen and oxygen atoms in total. The highest BCUT2D eigenvalue weighted by Crippen LogP contribution is 2.45. The summed E-state index contributed by atoms with van der Waals surface area (Å²) in [4.78, 5) is 13.5. The van der Waals surface area contributed by atoms with E-state index in [1.807, 2.05) is 23.6 Å². The van der Waals surface area contributed by atoms with Gasteiger partial charge in [-0.1, -0.05) is 37.1 Å². The van der Waals surface area contributed by atoms with Crippen LogP contribution < -0.4 is 5.32 Å². The lowest BCUT2D eigenvalue weighted by molar-refractivity contribution is -0.127. The first-order valence-corrected chi connectivity index (χ1v) is 12.0. The molecule has 1 aromatic carbocycles. The number of nitrogens with one attached hydrogen (secondary N) is 1. The van der Waals surface area contributed by atoms with E-state index < -0.39 is 20.5 Å². The number of fused-ring (bicyclic) bond motifs is 1. The van der Waals surface area contributed by atoms with Gasteiger partial charge in [0.05, 0.1) is 16.7 Å². The van der Waals surface area contributed by atoms with Crippen molar-refractivity contribution < 1.29 is 13.2 Å². The lowest BCUT2D eigenvalue weighted by atomic mass is 9.75. The summed E-state index contributed by atoms with van der Waals surface area (Å²) in [5.41, 5.74) is 2.51. The molecule has 1 aromatic heterocycles. The second-order valence-corrected chi connectivity index (χ2v) is 11.4. The topological polar surface area (TPSA) is 63.2 Å². The zero-order valence-corrected chi connectivity index (χ0v) is 17.3. The van der Waals surface area contributed by atoms with Gasteiger partial charge in [-0.3, -0.25) is 4.79 Å². The van der Waals surface area contributed by atoms with Gasteiger partial charge in [0.2, 0.25) is 5.91 Å². The van der Waals surface area contributed by atoms with E-state index >= 15 is 0 Å². The highest BCUT2D eigenvalue weighted by atomic mass is 32.2. The summed E-state index contributed by atoms with van der Waals surface area (Å²) in [6, 6.07) is 9.76. The Bertz CT molecular complexity index is 971. The number of carbonyl (C=O) groups is 1. The van der Waals surface area contributed by atoms with Crippen molar-refractivity contribution in [3.05, 3.63) is 52.4 Å². The van der Waals surface area contributed by atoms with Crippen LogP contribution in [-0.2, 0) is 20.0 Å². The van der Waals surface area contributed by atoms with Crippen LogP contribution in [0.1, 0.15) is 61.8 Å². The first-order chi connectivity index (χ1) is 12.9. The minimum absolute atomic E-state index is 0.0444. The van der Waals surface area contributed by atoms with Crippen molar-refractivity contribution in [1.82, 2.24) is 5.32 Å². The van der Waals surface area contributed by atoms with Crippen LogP contribution in [-0.4, -0.2) is 19.6 Å². The molecule has 2 heterocycles. The predicted octanol–water partition coefficient (Wildman–Crippen LogP) is 4.29. The number of hydrogen-bond acceptors (Lipinski definition) is 4. The summed E-state index contributed by atoms with van der Waals surface area (Å²) < 4.78 is 25.6. The highest BCUT2D eigenvalue weighted by molar-refractivity contribution is 7.94. The summed E-state index contributed by atoms with van der Waals surface area (Å²) in [6.07, 6.45) is 4.21. The number of hydrogen-bond donors (Lipinski definition) is 1. The van der Waals surface area contributed by atoms with E-state index in [0.717, 1.165) is 42.4 Å². The van der Waals surface area contributed by atoms with E-state index in [0.29, 0.717) is 10.6 Å². The van der Waals surface area contributed by atoms with E-state index in [9.17, 15) is 13.2 Å². The summed E-state index contributed by atoms with van der Waals surface area (Å²) >= 11 is 1.26. The number of sulfone groups is 1. The minimum atomic E-state index is -3.27. The van der Waals surface area contributed by atoms with E-state index in [2.05, 4.69) is 24.4 Å². The molecule has 1 fully saturated rings. The Kier molecular flexibility index (Phi) is 4.67. The molecule has 2 atom stereocenters. The second kappa shape index (κ2) is 6.74. The van der Waals surface area contributed by atoms with Gasteiger partial charge < -0.3 is 5.32 Å². The Balaban J connectivity index is 1.68. The number of carbonyl (C=O) groups excluding carboxylic acids is 1. The van der Waals surface area contributed by atoms with Crippen LogP contribution in [0.2, 0.25) is 0 Å². The summed E-state index contributed by atoms with van der Waals surface area (Å²) in [6.45, 7) is 3.80. The molecule has 1 aliphatic carbocycles. The molecule has 1 amide bonds. The highest BCUT2D eigenvalue weighted by Gasteiger charge is 2.46. The molecule has 2 aromatic rings. The van der Waals surface area contributed by atoms with Crippen LogP contribution in [0.3, 0.4) is 0 Å². The molecule has 144 valence electrons. The average molecular weight is 404 g/mol. The zero-order valence-electron chi connectivity index (χ0n) is 15.7. The molecule has 4 rings (SSSR count). The van der Waals surface area contributed by atoms with Gasteiger partial charge in [0.15, 0.2) is 9.84 Å². The number of thiophene rings is 1. The van der Waals surface area contributed by atoms with Crippen LogP contribution >= 0.6 is 11.3 Å². The normalized spacial score (nSPS) is 25.7. The molecule has 0 radical (unpaired) electrons. The van der Waals surface area contributed by atoms with Crippen molar-refractivity contribution in [3.63, 3.8) is 0 Å². The van der Waals surface area contributed by atoms with Crippen LogP contribution in [0.5, 0.6) is 0 Å². The Hall–Kier alpha value is -1.66. The van der Waals surface area contributed by atoms with Crippen molar-refractivity contribution in [1.29, 1.82) is 0 Å². The van der Waals surface area contributed by atoms with Gasteiger partial charge >= 0.3 is 0 Å². The molecule has 2 aliphatic rings. The maximum absolute atomic E-state index is 13.5. The maximum Gasteiger partial charge on any atom is 0.231 e. The fraction of sp³-hybridized carbons (Fsp3) is 0.476. The fourth-order valence-corrected chi connectivity index (χ4v) is 7.93. The van der Waals surface area contributed by atoms with Crippen LogP contribution in [0.25, 0.3) is 0 Å². The third-order valence-electron chi connectivity index (χ3n) is 6.25. The van der Waals surface area contributed by atoms with Gasteiger partial charge in [0.1, 0.15) is 4.21 Å². The van der Waals surface area contributed by atoms with Gasteiger partial charge in [-0.2, -0.15) is 0 Å². The SMILES string of the molecule is Cc1ccccc1C1(C(=O)N[C@H]2C[C@H](C)S(=O)(=O)c3sccc32)CCCC1. The fourth-order valence-electron chi connectivity index (χ4n) is 4.70. The third kappa shape index (κ3) is 2.93. The maximum atomic E-state index is 13.5. The van der Waals surface area contributed by atoms with E-state index in [1.54, 1.807) is 6.92 Å². The van der Waals surface area contributed by atoms with Crippen LogP contribution in [0, 0.1) is 6.92 Å². The molecule has 6 heteroatoms. The molecule has 0 saturated heterocycles. The van der Waals surface area contributed by atoms with E-state index in [-0.39, 0.29) is 11.9 Å². The van der Waals surface area contributed by atoms with Gasteiger partial charge in [-0.15, -0.1) is 11.3 Å². The van der Waals surface area contributed by atoms with E-state index in [1.165, 1.54) is 11.3 Å². The van der Waals surface area contributed by atoms with Crippen molar-refractivity contribution in [2.24, 2.45) is 0 Å². The van der Waals surface area contributed by atoms with Gasteiger partial charge in [0, 0.05) is 5.56 Å². The molecule has 0 spiro atoms. The molecule has 1 N–H and O–H groups in total. The molecule has 0 unspecified atom stereocenters. The number of aryl methyl sites for hydroxylation is 1. The number of benzene rings is 1. The Morgan fingerprint density at radius 3 is 2.59 bits per heavy atom. The molecule has 1 aliphatic heterocycles. The first-order valence-electron chi connectivity index (χ1n) is 9.54. The Labute approximate surface area is 164 Å². The lowest BCUT2D eigenvalue weighted by Crippen LogP contribution is -2.46. The quantitative estimate of drug-likeness (QED) is 0.831. The van der Waals surface area contributed by atoms with Gasteiger partial charge in [-0.25, -0.2) is 8.42 Å². The molecule has 1 saturated carbocycles. The monoisotopic (exact) mass is 403 g/mol. The Morgan fingerprint density at radius 2 is 1.89 bits per heavy atom. The molecule has 0 bridgehead atoms. The average Bonchev–Trinajstić information content (AvgIpc) is 3.31. The van der Waals surface area contributed by atoms with Crippen LogP contribution in [0.15, 0.2) is 39.9 Å². The Morgan fingerprint density at radius 1 is 1.19 bits per heavy atom. The van der Waals surface area contributed by atoms with Gasteiger partial charge in [0.25, 0.3) is 0 Å². The third-order valence-corrected chi connectivity index (χ3v) is 9.96. The standard InChI is InChI=1S/C21H25NO3S2/c1-14-7-3-4-8-17(14)21(10-5-6-11-21)20(23)22-18-13-15(2)27(24,25)19-16(18)9-12-26-19/h3-4,7-9,12,15,18H,5-6,10-11,13H2,1-2H3,(H,22,23)/t15-,18-/m0/s1. The summed E-state index contributed by atoms with van der Waals surface area (Å²) in [5, 5.41) is 4.57. The molecule has 27 heavy (non-hydrogen) atoms. The largest absolute Gasteiger partial charge is 0.348 e. The molecular formula is C21H25NO3S2. The van der Waals surface area contributed by atoms with Gasteiger partial charge in [-0.05, 0) is 55.7 Å². The van der Waals surface area contributed by atoms with Crippen molar-refractivity contribution in [2.75, 3.05) is 0 Å². The van der Waals surface area contributed by atoms with Crippen LogP contribution in [0.4, 0.5) is 0 Å². The smallest absolute Gasteiger partial charge is 0.231 e. The van der Waals surface area contributed by atoms with Crippen molar-refractivity contribution in [3.8, 4) is 0 Å². The zero-order chi connectivity index (χ0) is 19.2.